The second-order valence-corrected chi connectivity index (χ2v) is 5.81. The fourth-order valence-corrected chi connectivity index (χ4v) is 2.62. The Morgan fingerprint density at radius 2 is 2.04 bits per heavy atom. The molecule has 1 aromatic carbocycles. The van der Waals surface area contributed by atoms with Crippen LogP contribution in [0.1, 0.15) is 41.5 Å². The lowest BCUT2D eigenvalue weighted by atomic mass is 10.0. The highest BCUT2D eigenvalue weighted by Crippen LogP contribution is 2.37. The highest BCUT2D eigenvalue weighted by atomic mass is 19.4. The number of halogens is 3. The molecule has 142 valence electrons. The van der Waals surface area contributed by atoms with Gasteiger partial charge < -0.3 is 4.74 Å². The summed E-state index contributed by atoms with van der Waals surface area (Å²) < 4.78 is 47.2. The molecule has 0 N–H and O–H groups in total. The van der Waals surface area contributed by atoms with Gasteiger partial charge in [0.05, 0.1) is 16.6 Å². The van der Waals surface area contributed by atoms with Gasteiger partial charge in [-0.05, 0) is 22.9 Å². The van der Waals surface area contributed by atoms with Crippen molar-refractivity contribution in [2.45, 2.75) is 39.1 Å². The van der Waals surface area contributed by atoms with Crippen molar-refractivity contribution in [3.63, 3.8) is 0 Å². The molecule has 0 unspecified atom stereocenters. The Kier molecular flexibility index (Phi) is 5.33. The zero-order valence-corrected chi connectivity index (χ0v) is 14.4. The minimum atomic E-state index is -4.74. The van der Waals surface area contributed by atoms with Crippen molar-refractivity contribution in [3.8, 4) is 0 Å². The van der Waals surface area contributed by atoms with Gasteiger partial charge in [0.15, 0.2) is 12.4 Å². The average molecular weight is 379 g/mol. The molecule has 0 saturated carbocycles. The number of nitrogens with zero attached hydrogens (tertiary/aromatic N) is 5. The molecule has 10 heteroatoms. The van der Waals surface area contributed by atoms with Crippen LogP contribution in [0.3, 0.4) is 0 Å². The number of pyridine rings is 1. The number of hydrogen-bond acceptors (Lipinski definition) is 6. The van der Waals surface area contributed by atoms with Crippen molar-refractivity contribution in [3.05, 3.63) is 47.4 Å². The summed E-state index contributed by atoms with van der Waals surface area (Å²) in [5.41, 5.74) is -1.57. The van der Waals surface area contributed by atoms with E-state index in [1.807, 2.05) is 6.92 Å². The first-order chi connectivity index (χ1) is 12.9. The third kappa shape index (κ3) is 4.04. The van der Waals surface area contributed by atoms with Crippen LogP contribution in [0.4, 0.5) is 13.2 Å². The van der Waals surface area contributed by atoms with Gasteiger partial charge in [0, 0.05) is 18.1 Å². The van der Waals surface area contributed by atoms with Gasteiger partial charge in [0.25, 0.3) is 0 Å². The molecule has 0 atom stereocenters. The zero-order valence-electron chi connectivity index (χ0n) is 14.4. The minimum absolute atomic E-state index is 0.143. The SMILES string of the molecule is CCCCn1nnnc1COC(=O)c1cnc2ccccc2c1C(F)(F)F. The number of hydrogen-bond donors (Lipinski definition) is 0. The van der Waals surface area contributed by atoms with Crippen LogP contribution in [0, 0.1) is 0 Å². The Labute approximate surface area is 152 Å². The number of unbranched alkanes of at least 4 members (excludes halogenated alkanes) is 1. The Morgan fingerprint density at radius 3 is 2.78 bits per heavy atom. The first kappa shape index (κ1) is 18.7. The molecule has 0 fully saturated rings. The van der Waals surface area contributed by atoms with E-state index in [1.54, 1.807) is 6.07 Å². The summed E-state index contributed by atoms with van der Waals surface area (Å²) in [6.07, 6.45) is -2.12. The average Bonchev–Trinajstić information content (AvgIpc) is 3.10. The van der Waals surface area contributed by atoms with Gasteiger partial charge >= 0.3 is 12.1 Å². The Morgan fingerprint density at radius 1 is 1.26 bits per heavy atom. The standard InChI is InChI=1S/C17H16F3N5O2/c1-2-3-8-25-14(22-23-24-25)10-27-16(26)12-9-21-13-7-5-4-6-11(13)15(12)17(18,19)20/h4-7,9H,2-3,8,10H2,1H3. The maximum atomic E-state index is 13.6. The highest BCUT2D eigenvalue weighted by Gasteiger charge is 2.38. The van der Waals surface area contributed by atoms with Crippen LogP contribution in [0.2, 0.25) is 0 Å². The normalized spacial score (nSPS) is 11.7. The van der Waals surface area contributed by atoms with Crippen LogP contribution in [-0.2, 0) is 24.1 Å². The fourth-order valence-electron chi connectivity index (χ4n) is 2.62. The minimum Gasteiger partial charge on any atom is -0.454 e. The summed E-state index contributed by atoms with van der Waals surface area (Å²) in [6.45, 7) is 2.19. The Bertz CT molecular complexity index is 955. The molecule has 0 bridgehead atoms. The second-order valence-electron chi connectivity index (χ2n) is 5.81. The van der Waals surface area contributed by atoms with E-state index in [1.165, 1.54) is 22.9 Å². The summed E-state index contributed by atoms with van der Waals surface area (Å²) in [4.78, 5) is 16.3. The van der Waals surface area contributed by atoms with Gasteiger partial charge in [-0.3, -0.25) is 4.98 Å². The summed E-state index contributed by atoms with van der Waals surface area (Å²) in [7, 11) is 0. The number of carbonyl (C=O) groups is 1. The first-order valence-electron chi connectivity index (χ1n) is 8.29. The second kappa shape index (κ2) is 7.68. The van der Waals surface area contributed by atoms with E-state index in [-0.39, 0.29) is 23.3 Å². The van der Waals surface area contributed by atoms with Crippen molar-refractivity contribution < 1.29 is 22.7 Å². The molecule has 2 aromatic heterocycles. The lowest BCUT2D eigenvalue weighted by Gasteiger charge is -2.14. The largest absolute Gasteiger partial charge is 0.454 e. The van der Waals surface area contributed by atoms with Crippen LogP contribution < -0.4 is 0 Å². The van der Waals surface area contributed by atoms with E-state index in [0.29, 0.717) is 6.54 Å². The molecule has 7 nitrogen and oxygen atoms in total. The third-order valence-corrected chi connectivity index (χ3v) is 3.94. The molecule has 2 heterocycles. The molecular formula is C17H16F3N5O2. The molecule has 0 amide bonds. The van der Waals surface area contributed by atoms with Gasteiger partial charge in [-0.25, -0.2) is 9.48 Å². The van der Waals surface area contributed by atoms with Crippen LogP contribution in [0.25, 0.3) is 10.9 Å². The van der Waals surface area contributed by atoms with E-state index >= 15 is 0 Å². The molecular weight excluding hydrogens is 363 g/mol. The predicted molar refractivity (Wildman–Crippen MR) is 88.6 cm³/mol. The molecule has 27 heavy (non-hydrogen) atoms. The number of aryl methyl sites for hydroxylation is 1. The van der Waals surface area contributed by atoms with Crippen molar-refractivity contribution in [1.82, 2.24) is 25.2 Å². The van der Waals surface area contributed by atoms with Crippen molar-refractivity contribution >= 4 is 16.9 Å². The van der Waals surface area contributed by atoms with Gasteiger partial charge in [-0.1, -0.05) is 31.5 Å². The highest BCUT2D eigenvalue weighted by molar-refractivity contribution is 5.97. The summed E-state index contributed by atoms with van der Waals surface area (Å²) in [5, 5.41) is 10.9. The molecule has 0 saturated heterocycles. The van der Waals surface area contributed by atoms with E-state index in [4.69, 9.17) is 4.74 Å². The first-order valence-corrected chi connectivity index (χ1v) is 8.29. The van der Waals surface area contributed by atoms with Gasteiger partial charge in [-0.15, -0.1) is 5.10 Å². The molecule has 3 aromatic rings. The molecule has 0 aliphatic rings. The maximum absolute atomic E-state index is 13.6. The summed E-state index contributed by atoms with van der Waals surface area (Å²) in [5.74, 6) is -0.871. The maximum Gasteiger partial charge on any atom is 0.417 e. The number of ether oxygens (including phenoxy) is 1. The van der Waals surface area contributed by atoms with Crippen LogP contribution >= 0.6 is 0 Å². The molecule has 0 spiro atoms. The van der Waals surface area contributed by atoms with Crippen LogP contribution in [0.15, 0.2) is 30.5 Å². The number of aromatic nitrogens is 5. The number of benzene rings is 1. The quantitative estimate of drug-likeness (QED) is 0.611. The number of tetrazole rings is 1. The summed E-state index contributed by atoms with van der Waals surface area (Å²) in [6, 6.07) is 5.74. The number of rotatable bonds is 6. The number of alkyl halides is 3. The van der Waals surface area contributed by atoms with Crippen LogP contribution in [0.5, 0.6) is 0 Å². The fraction of sp³-hybridized carbons (Fsp3) is 0.353. The van der Waals surface area contributed by atoms with E-state index in [9.17, 15) is 18.0 Å². The summed E-state index contributed by atoms with van der Waals surface area (Å²) >= 11 is 0. The van der Waals surface area contributed by atoms with Crippen molar-refractivity contribution in [2.24, 2.45) is 0 Å². The molecule has 0 radical (unpaired) electrons. The molecule has 0 aliphatic carbocycles. The Balaban J connectivity index is 1.87. The van der Waals surface area contributed by atoms with E-state index in [2.05, 4.69) is 20.5 Å². The van der Waals surface area contributed by atoms with Crippen molar-refractivity contribution in [2.75, 3.05) is 0 Å². The number of fused-ring (bicyclic) bond motifs is 1. The van der Waals surface area contributed by atoms with E-state index in [0.717, 1.165) is 19.0 Å². The monoisotopic (exact) mass is 379 g/mol. The van der Waals surface area contributed by atoms with E-state index < -0.39 is 23.3 Å². The number of para-hydroxylation sites is 1. The van der Waals surface area contributed by atoms with Crippen molar-refractivity contribution in [1.29, 1.82) is 0 Å². The smallest absolute Gasteiger partial charge is 0.417 e. The molecule has 0 aliphatic heterocycles. The molecule has 3 rings (SSSR count). The van der Waals surface area contributed by atoms with Gasteiger partial charge in [-0.2, -0.15) is 13.2 Å². The Hall–Kier alpha value is -3.04. The number of carbonyl (C=O) groups excluding carboxylic acids is 1. The third-order valence-electron chi connectivity index (χ3n) is 3.94. The van der Waals surface area contributed by atoms with Gasteiger partial charge in [0.2, 0.25) is 0 Å². The predicted octanol–water partition coefficient (Wildman–Crippen LogP) is 3.40. The van der Waals surface area contributed by atoms with Crippen LogP contribution in [-0.4, -0.2) is 31.2 Å². The van der Waals surface area contributed by atoms with Gasteiger partial charge in [0.1, 0.15) is 0 Å². The number of esters is 1. The zero-order chi connectivity index (χ0) is 19.4. The topological polar surface area (TPSA) is 82.8 Å². The lowest BCUT2D eigenvalue weighted by Crippen LogP contribution is -2.17. The lowest BCUT2D eigenvalue weighted by molar-refractivity contribution is -0.136.